The van der Waals surface area contributed by atoms with Crippen LogP contribution in [-0.2, 0) is 4.79 Å². The van der Waals surface area contributed by atoms with Gasteiger partial charge in [-0.05, 0) is 37.8 Å². The van der Waals surface area contributed by atoms with E-state index in [1.54, 1.807) is 0 Å². The summed E-state index contributed by atoms with van der Waals surface area (Å²) in [4.78, 5) is 11.9. The zero-order valence-corrected chi connectivity index (χ0v) is 12.0. The van der Waals surface area contributed by atoms with E-state index in [0.717, 1.165) is 23.4 Å². The summed E-state index contributed by atoms with van der Waals surface area (Å²) in [5, 5.41) is 6.49. The Morgan fingerprint density at radius 1 is 1.21 bits per heavy atom. The number of anilines is 1. The summed E-state index contributed by atoms with van der Waals surface area (Å²) in [6.07, 6.45) is 5.72. The van der Waals surface area contributed by atoms with Crippen LogP contribution in [0.5, 0.6) is 0 Å². The molecule has 0 spiro atoms. The Bertz CT molecular complexity index is 416. The summed E-state index contributed by atoms with van der Waals surface area (Å²) < 4.78 is 0. The highest BCUT2D eigenvalue weighted by molar-refractivity contribution is 5.92. The molecule has 19 heavy (non-hydrogen) atoms. The second-order valence-electron chi connectivity index (χ2n) is 5.50. The van der Waals surface area contributed by atoms with Crippen molar-refractivity contribution in [3.8, 4) is 0 Å². The molecule has 1 fully saturated rings. The van der Waals surface area contributed by atoms with E-state index in [1.807, 2.05) is 32.0 Å². The summed E-state index contributed by atoms with van der Waals surface area (Å²) in [6, 6.07) is 6.70. The van der Waals surface area contributed by atoms with Crippen LogP contribution in [0.4, 0.5) is 5.69 Å². The van der Waals surface area contributed by atoms with Crippen molar-refractivity contribution in [2.24, 2.45) is 0 Å². The van der Waals surface area contributed by atoms with E-state index in [-0.39, 0.29) is 5.91 Å². The van der Waals surface area contributed by atoms with Gasteiger partial charge in [-0.15, -0.1) is 0 Å². The summed E-state index contributed by atoms with van der Waals surface area (Å²) >= 11 is 0. The molecule has 0 aromatic heterocycles. The van der Waals surface area contributed by atoms with Crippen molar-refractivity contribution in [3.05, 3.63) is 29.3 Å². The van der Waals surface area contributed by atoms with Crippen molar-refractivity contribution in [3.63, 3.8) is 0 Å². The summed E-state index contributed by atoms with van der Waals surface area (Å²) in [6.45, 7) is 4.83. The molecule has 1 saturated carbocycles. The maximum absolute atomic E-state index is 11.9. The van der Waals surface area contributed by atoms with Gasteiger partial charge in [0, 0.05) is 24.7 Å². The molecule has 2 rings (SSSR count). The molecule has 1 aromatic carbocycles. The van der Waals surface area contributed by atoms with Gasteiger partial charge in [0.1, 0.15) is 0 Å². The van der Waals surface area contributed by atoms with Crippen LogP contribution in [0.25, 0.3) is 0 Å². The molecule has 1 aliphatic carbocycles. The quantitative estimate of drug-likeness (QED) is 0.854. The molecule has 3 nitrogen and oxygen atoms in total. The minimum Gasteiger partial charge on any atom is -0.326 e. The maximum Gasteiger partial charge on any atom is 0.225 e. The lowest BCUT2D eigenvalue weighted by Gasteiger charge is -2.13. The fraction of sp³-hybridized carbons (Fsp3) is 0.562. The monoisotopic (exact) mass is 260 g/mol. The fourth-order valence-corrected chi connectivity index (χ4v) is 2.73. The van der Waals surface area contributed by atoms with E-state index in [1.165, 1.54) is 25.7 Å². The summed E-state index contributed by atoms with van der Waals surface area (Å²) in [5.41, 5.74) is 3.21. The maximum atomic E-state index is 11.9. The number of carbonyl (C=O) groups is 1. The smallest absolute Gasteiger partial charge is 0.225 e. The number of carbonyl (C=O) groups excluding carboxylic acids is 1. The zero-order valence-electron chi connectivity index (χ0n) is 12.0. The Morgan fingerprint density at radius 2 is 1.84 bits per heavy atom. The molecule has 1 amide bonds. The second-order valence-corrected chi connectivity index (χ2v) is 5.50. The van der Waals surface area contributed by atoms with Gasteiger partial charge >= 0.3 is 0 Å². The van der Waals surface area contributed by atoms with Gasteiger partial charge < -0.3 is 10.6 Å². The molecule has 104 valence electrons. The van der Waals surface area contributed by atoms with Crippen LogP contribution in [0.3, 0.4) is 0 Å². The number of hydrogen-bond donors (Lipinski definition) is 2. The Kier molecular flexibility index (Phi) is 4.97. The van der Waals surface area contributed by atoms with E-state index in [9.17, 15) is 4.79 Å². The van der Waals surface area contributed by atoms with Gasteiger partial charge in [-0.2, -0.15) is 0 Å². The van der Waals surface area contributed by atoms with E-state index in [4.69, 9.17) is 0 Å². The molecule has 0 saturated heterocycles. The van der Waals surface area contributed by atoms with Crippen molar-refractivity contribution in [2.45, 2.75) is 52.0 Å². The van der Waals surface area contributed by atoms with Crippen LogP contribution in [0.15, 0.2) is 18.2 Å². The van der Waals surface area contributed by atoms with Gasteiger partial charge in [-0.3, -0.25) is 4.79 Å². The number of para-hydroxylation sites is 1. The highest BCUT2D eigenvalue weighted by Crippen LogP contribution is 2.20. The molecule has 0 radical (unpaired) electrons. The lowest BCUT2D eigenvalue weighted by atomic mass is 10.1. The first kappa shape index (κ1) is 14.1. The van der Waals surface area contributed by atoms with Crippen LogP contribution < -0.4 is 10.6 Å². The third kappa shape index (κ3) is 4.06. The molecule has 1 aliphatic rings. The summed E-state index contributed by atoms with van der Waals surface area (Å²) in [5.74, 6) is 0.0999. The third-order valence-electron chi connectivity index (χ3n) is 3.89. The van der Waals surface area contributed by atoms with E-state index in [0.29, 0.717) is 12.5 Å². The molecule has 0 bridgehead atoms. The largest absolute Gasteiger partial charge is 0.326 e. The van der Waals surface area contributed by atoms with E-state index < -0.39 is 0 Å². The first-order valence-corrected chi connectivity index (χ1v) is 7.26. The topological polar surface area (TPSA) is 41.1 Å². The van der Waals surface area contributed by atoms with Crippen molar-refractivity contribution < 1.29 is 4.79 Å². The predicted octanol–water partition coefficient (Wildman–Crippen LogP) is 3.16. The normalized spacial score (nSPS) is 15.7. The van der Waals surface area contributed by atoms with Crippen LogP contribution in [-0.4, -0.2) is 18.5 Å². The molecule has 2 N–H and O–H groups in total. The Labute approximate surface area is 115 Å². The third-order valence-corrected chi connectivity index (χ3v) is 3.89. The Morgan fingerprint density at radius 3 is 2.47 bits per heavy atom. The van der Waals surface area contributed by atoms with Gasteiger partial charge in [-0.1, -0.05) is 31.0 Å². The van der Waals surface area contributed by atoms with Crippen molar-refractivity contribution in [1.82, 2.24) is 5.32 Å². The number of nitrogens with one attached hydrogen (secondary N) is 2. The highest BCUT2D eigenvalue weighted by atomic mass is 16.1. The molecule has 0 heterocycles. The molecule has 1 aromatic rings. The van der Waals surface area contributed by atoms with Crippen molar-refractivity contribution in [2.75, 3.05) is 11.9 Å². The molecular weight excluding hydrogens is 236 g/mol. The van der Waals surface area contributed by atoms with Crippen molar-refractivity contribution >= 4 is 11.6 Å². The molecular formula is C16H24N2O. The van der Waals surface area contributed by atoms with Crippen LogP contribution >= 0.6 is 0 Å². The predicted molar refractivity (Wildman–Crippen MR) is 79.4 cm³/mol. The number of rotatable bonds is 5. The molecule has 0 atom stereocenters. The van der Waals surface area contributed by atoms with Crippen LogP contribution in [0, 0.1) is 13.8 Å². The van der Waals surface area contributed by atoms with Gasteiger partial charge in [-0.25, -0.2) is 0 Å². The Hall–Kier alpha value is -1.35. The molecule has 0 aliphatic heterocycles. The van der Waals surface area contributed by atoms with Gasteiger partial charge in [0.15, 0.2) is 0 Å². The summed E-state index contributed by atoms with van der Waals surface area (Å²) in [7, 11) is 0. The standard InChI is InChI=1S/C16H24N2O/c1-12-6-5-7-13(2)16(12)18-15(19)10-11-17-14-8-3-4-9-14/h5-7,14,17H,3-4,8-11H2,1-2H3,(H,18,19). The zero-order chi connectivity index (χ0) is 13.7. The van der Waals surface area contributed by atoms with E-state index >= 15 is 0 Å². The average Bonchev–Trinajstić information content (AvgIpc) is 2.87. The number of benzene rings is 1. The number of hydrogen-bond acceptors (Lipinski definition) is 2. The highest BCUT2D eigenvalue weighted by Gasteiger charge is 2.14. The Balaban J connectivity index is 1.77. The van der Waals surface area contributed by atoms with Crippen molar-refractivity contribution in [1.29, 1.82) is 0 Å². The van der Waals surface area contributed by atoms with Gasteiger partial charge in [0.2, 0.25) is 5.91 Å². The lowest BCUT2D eigenvalue weighted by molar-refractivity contribution is -0.116. The first-order chi connectivity index (χ1) is 9.16. The molecule has 3 heteroatoms. The minimum atomic E-state index is 0.0999. The second kappa shape index (κ2) is 6.71. The van der Waals surface area contributed by atoms with Crippen LogP contribution in [0.1, 0.15) is 43.2 Å². The number of amides is 1. The minimum absolute atomic E-state index is 0.0999. The fourth-order valence-electron chi connectivity index (χ4n) is 2.73. The lowest BCUT2D eigenvalue weighted by Crippen LogP contribution is -2.29. The van der Waals surface area contributed by atoms with E-state index in [2.05, 4.69) is 10.6 Å². The first-order valence-electron chi connectivity index (χ1n) is 7.26. The van der Waals surface area contributed by atoms with Gasteiger partial charge in [0.25, 0.3) is 0 Å². The van der Waals surface area contributed by atoms with Crippen LogP contribution in [0.2, 0.25) is 0 Å². The number of aryl methyl sites for hydroxylation is 2. The average molecular weight is 260 g/mol. The van der Waals surface area contributed by atoms with Gasteiger partial charge in [0.05, 0.1) is 0 Å². The molecule has 0 unspecified atom stereocenters. The SMILES string of the molecule is Cc1cccc(C)c1NC(=O)CCNC1CCCC1.